The van der Waals surface area contributed by atoms with Gasteiger partial charge in [0, 0.05) is 31.6 Å². The standard InChI is InChI=1S/C15H19FN2O3/c16-13-6-2-1-5-12(13)9-17-15(21)18-7-3-4-11(10-18)8-14(19)20/h1-2,5-6,11H,3-4,7-10H2,(H,17,21)(H,19,20). The lowest BCUT2D eigenvalue weighted by Crippen LogP contribution is -2.45. The molecule has 1 aliphatic heterocycles. The van der Waals surface area contributed by atoms with Crippen LogP contribution in [-0.4, -0.2) is 35.1 Å². The van der Waals surface area contributed by atoms with E-state index in [-0.39, 0.29) is 30.7 Å². The molecule has 0 bridgehead atoms. The van der Waals surface area contributed by atoms with E-state index in [0.29, 0.717) is 18.7 Å². The predicted molar refractivity (Wildman–Crippen MR) is 75.2 cm³/mol. The molecule has 1 heterocycles. The highest BCUT2D eigenvalue weighted by Gasteiger charge is 2.25. The monoisotopic (exact) mass is 294 g/mol. The minimum Gasteiger partial charge on any atom is -0.481 e. The van der Waals surface area contributed by atoms with Gasteiger partial charge in [0.05, 0.1) is 0 Å². The molecule has 2 rings (SSSR count). The molecule has 0 aliphatic carbocycles. The number of carboxylic acid groups (broad SMARTS) is 1. The fourth-order valence-corrected chi connectivity index (χ4v) is 2.59. The minimum atomic E-state index is -0.839. The summed E-state index contributed by atoms with van der Waals surface area (Å²) in [6, 6.07) is 6.02. The summed E-state index contributed by atoms with van der Waals surface area (Å²) < 4.78 is 13.5. The summed E-state index contributed by atoms with van der Waals surface area (Å²) >= 11 is 0. The van der Waals surface area contributed by atoms with Gasteiger partial charge in [0.25, 0.3) is 0 Å². The Labute approximate surface area is 122 Å². The van der Waals surface area contributed by atoms with Gasteiger partial charge in [0.15, 0.2) is 0 Å². The molecule has 6 heteroatoms. The second kappa shape index (κ2) is 7.06. The first kappa shape index (κ1) is 15.3. The number of carboxylic acids is 1. The van der Waals surface area contributed by atoms with Gasteiger partial charge in [-0.3, -0.25) is 4.79 Å². The molecule has 0 saturated carbocycles. The summed E-state index contributed by atoms with van der Waals surface area (Å²) in [7, 11) is 0. The molecule has 2 amide bonds. The third-order valence-corrected chi connectivity index (χ3v) is 3.66. The molecule has 1 aliphatic rings. The number of hydrogen-bond donors (Lipinski definition) is 2. The van der Waals surface area contributed by atoms with Gasteiger partial charge in [-0.25, -0.2) is 9.18 Å². The summed E-state index contributed by atoms with van der Waals surface area (Å²) in [5.74, 6) is -1.19. The van der Waals surface area contributed by atoms with Gasteiger partial charge in [-0.15, -0.1) is 0 Å². The smallest absolute Gasteiger partial charge is 0.317 e. The number of nitrogens with one attached hydrogen (secondary N) is 1. The molecule has 1 fully saturated rings. The number of aliphatic carboxylic acids is 1. The van der Waals surface area contributed by atoms with Crippen LogP contribution in [0.5, 0.6) is 0 Å². The van der Waals surface area contributed by atoms with Gasteiger partial charge in [-0.1, -0.05) is 18.2 Å². The maximum absolute atomic E-state index is 13.5. The van der Waals surface area contributed by atoms with E-state index >= 15 is 0 Å². The number of halogens is 1. The highest BCUT2D eigenvalue weighted by molar-refractivity contribution is 5.74. The van der Waals surface area contributed by atoms with E-state index in [9.17, 15) is 14.0 Å². The number of hydrogen-bond acceptors (Lipinski definition) is 2. The van der Waals surface area contributed by atoms with Crippen molar-refractivity contribution in [3.63, 3.8) is 0 Å². The number of carbonyl (C=O) groups is 2. The van der Waals surface area contributed by atoms with Crippen molar-refractivity contribution in [3.8, 4) is 0 Å². The highest BCUT2D eigenvalue weighted by atomic mass is 19.1. The number of urea groups is 1. The molecule has 2 N–H and O–H groups in total. The van der Waals surface area contributed by atoms with E-state index in [0.717, 1.165) is 12.8 Å². The van der Waals surface area contributed by atoms with Crippen LogP contribution in [0.1, 0.15) is 24.8 Å². The SMILES string of the molecule is O=C(O)CC1CCCN(C(=O)NCc2ccccc2F)C1. The number of benzene rings is 1. The molecule has 5 nitrogen and oxygen atoms in total. The highest BCUT2D eigenvalue weighted by Crippen LogP contribution is 2.19. The predicted octanol–water partition coefficient (Wildman–Crippen LogP) is 2.22. The average Bonchev–Trinajstić information content (AvgIpc) is 2.45. The van der Waals surface area contributed by atoms with Crippen LogP contribution < -0.4 is 5.32 Å². The number of amides is 2. The number of nitrogens with zero attached hydrogens (tertiary/aromatic N) is 1. The number of piperidine rings is 1. The lowest BCUT2D eigenvalue weighted by atomic mass is 9.95. The fraction of sp³-hybridized carbons (Fsp3) is 0.467. The Morgan fingerprint density at radius 2 is 2.14 bits per heavy atom. The van der Waals surface area contributed by atoms with Crippen LogP contribution >= 0.6 is 0 Å². The number of rotatable bonds is 4. The zero-order valence-electron chi connectivity index (χ0n) is 11.7. The van der Waals surface area contributed by atoms with Crippen LogP contribution in [0, 0.1) is 11.7 Å². The van der Waals surface area contributed by atoms with Gasteiger partial charge in [0.1, 0.15) is 5.82 Å². The Morgan fingerprint density at radius 1 is 1.38 bits per heavy atom. The normalized spacial score (nSPS) is 18.3. The van der Waals surface area contributed by atoms with Crippen molar-refractivity contribution in [2.45, 2.75) is 25.8 Å². The summed E-state index contributed by atoms with van der Waals surface area (Å²) in [6.45, 7) is 1.18. The Balaban J connectivity index is 1.85. The Bertz CT molecular complexity index is 521. The van der Waals surface area contributed by atoms with Crippen LogP contribution in [0.2, 0.25) is 0 Å². The summed E-state index contributed by atoms with van der Waals surface area (Å²) in [6.07, 6.45) is 1.70. The largest absolute Gasteiger partial charge is 0.481 e. The Hall–Kier alpha value is -2.11. The van der Waals surface area contributed by atoms with Crippen molar-refractivity contribution in [3.05, 3.63) is 35.6 Å². The second-order valence-electron chi connectivity index (χ2n) is 5.30. The second-order valence-corrected chi connectivity index (χ2v) is 5.30. The Kier molecular flexibility index (Phi) is 5.14. The van der Waals surface area contributed by atoms with Crippen LogP contribution in [0.3, 0.4) is 0 Å². The molecule has 0 spiro atoms. The summed E-state index contributed by atoms with van der Waals surface area (Å²) in [5, 5.41) is 11.5. The molecule has 1 aromatic carbocycles. The first-order chi connectivity index (χ1) is 10.1. The molecule has 0 radical (unpaired) electrons. The maximum atomic E-state index is 13.5. The fourth-order valence-electron chi connectivity index (χ4n) is 2.59. The quantitative estimate of drug-likeness (QED) is 0.894. The zero-order valence-corrected chi connectivity index (χ0v) is 11.7. The molecule has 0 aromatic heterocycles. The van der Waals surface area contributed by atoms with Crippen molar-refractivity contribution in [2.24, 2.45) is 5.92 Å². The van der Waals surface area contributed by atoms with Crippen molar-refractivity contribution in [2.75, 3.05) is 13.1 Å². The van der Waals surface area contributed by atoms with E-state index < -0.39 is 5.97 Å². The van der Waals surface area contributed by atoms with E-state index in [1.807, 2.05) is 0 Å². The van der Waals surface area contributed by atoms with E-state index in [1.54, 1.807) is 23.1 Å². The topological polar surface area (TPSA) is 69.6 Å². The van der Waals surface area contributed by atoms with E-state index in [4.69, 9.17) is 5.11 Å². The van der Waals surface area contributed by atoms with Crippen molar-refractivity contribution in [1.29, 1.82) is 0 Å². The lowest BCUT2D eigenvalue weighted by Gasteiger charge is -2.32. The van der Waals surface area contributed by atoms with Gasteiger partial charge in [-0.2, -0.15) is 0 Å². The maximum Gasteiger partial charge on any atom is 0.317 e. The molecule has 1 unspecified atom stereocenters. The van der Waals surface area contributed by atoms with Gasteiger partial charge >= 0.3 is 12.0 Å². The lowest BCUT2D eigenvalue weighted by molar-refractivity contribution is -0.138. The molecule has 1 atom stereocenters. The van der Waals surface area contributed by atoms with Crippen molar-refractivity contribution in [1.82, 2.24) is 10.2 Å². The molecule has 114 valence electrons. The molecule has 1 saturated heterocycles. The third-order valence-electron chi connectivity index (χ3n) is 3.66. The van der Waals surface area contributed by atoms with Crippen LogP contribution in [0.4, 0.5) is 9.18 Å². The van der Waals surface area contributed by atoms with Gasteiger partial charge in [0.2, 0.25) is 0 Å². The molecule has 1 aromatic rings. The average molecular weight is 294 g/mol. The first-order valence-corrected chi connectivity index (χ1v) is 7.04. The zero-order chi connectivity index (χ0) is 15.2. The number of carbonyl (C=O) groups excluding carboxylic acids is 1. The van der Waals surface area contributed by atoms with E-state index in [1.165, 1.54) is 6.07 Å². The van der Waals surface area contributed by atoms with Crippen LogP contribution in [0.25, 0.3) is 0 Å². The molecular formula is C15H19FN2O3. The molecule has 21 heavy (non-hydrogen) atoms. The minimum absolute atomic E-state index is 0.00420. The van der Waals surface area contributed by atoms with Crippen molar-refractivity contribution >= 4 is 12.0 Å². The van der Waals surface area contributed by atoms with E-state index in [2.05, 4.69) is 5.32 Å². The van der Waals surface area contributed by atoms with Crippen molar-refractivity contribution < 1.29 is 19.1 Å². The van der Waals surface area contributed by atoms with Crippen LogP contribution in [-0.2, 0) is 11.3 Å². The third kappa shape index (κ3) is 4.44. The number of likely N-dealkylation sites (tertiary alicyclic amines) is 1. The Morgan fingerprint density at radius 3 is 2.86 bits per heavy atom. The van der Waals surface area contributed by atoms with Gasteiger partial charge in [-0.05, 0) is 24.8 Å². The first-order valence-electron chi connectivity index (χ1n) is 7.04. The summed E-state index contributed by atoms with van der Waals surface area (Å²) in [4.78, 5) is 24.4. The molecular weight excluding hydrogens is 275 g/mol. The van der Waals surface area contributed by atoms with Gasteiger partial charge < -0.3 is 15.3 Å². The van der Waals surface area contributed by atoms with Crippen LogP contribution in [0.15, 0.2) is 24.3 Å². The summed E-state index contributed by atoms with van der Waals surface area (Å²) in [5.41, 5.74) is 0.435.